The van der Waals surface area contributed by atoms with Gasteiger partial charge in [-0.05, 0) is 54.0 Å². The lowest BCUT2D eigenvalue weighted by atomic mass is 10.0. The summed E-state index contributed by atoms with van der Waals surface area (Å²) in [6, 6.07) is 13.4. The van der Waals surface area contributed by atoms with Gasteiger partial charge in [-0.2, -0.15) is 0 Å². The maximum absolute atomic E-state index is 12.9. The number of nitrogens with zero attached hydrogens (tertiary/aromatic N) is 2. The summed E-state index contributed by atoms with van der Waals surface area (Å²) in [6.45, 7) is 2.20. The molecule has 0 saturated heterocycles. The van der Waals surface area contributed by atoms with Gasteiger partial charge in [0.15, 0.2) is 0 Å². The number of benzene rings is 2. The zero-order valence-corrected chi connectivity index (χ0v) is 18.5. The van der Waals surface area contributed by atoms with Gasteiger partial charge in [-0.3, -0.25) is 19.7 Å². The van der Waals surface area contributed by atoms with E-state index in [1.807, 2.05) is 19.1 Å². The van der Waals surface area contributed by atoms with Crippen molar-refractivity contribution in [2.24, 2.45) is 0 Å². The van der Waals surface area contributed by atoms with Crippen LogP contribution < -0.4 is 10.2 Å². The Bertz CT molecular complexity index is 1270. The topological polar surface area (TPSA) is 108 Å². The van der Waals surface area contributed by atoms with Crippen LogP contribution in [0.5, 0.6) is 0 Å². The highest BCUT2D eigenvalue weighted by Crippen LogP contribution is 2.39. The van der Waals surface area contributed by atoms with Crippen molar-refractivity contribution in [3.05, 3.63) is 93.3 Å². The average molecular weight is 465 g/mol. The number of hydrogen-bond acceptors (Lipinski definition) is 4. The van der Waals surface area contributed by atoms with Crippen molar-refractivity contribution in [3.63, 3.8) is 0 Å². The molecule has 2 heterocycles. The normalized spacial score (nSPS) is 15.0. The first kappa shape index (κ1) is 22.3. The highest BCUT2D eigenvalue weighted by Gasteiger charge is 2.32. The van der Waals surface area contributed by atoms with E-state index in [0.29, 0.717) is 29.5 Å². The summed E-state index contributed by atoms with van der Waals surface area (Å²) in [7, 11) is 0. The third-order valence-corrected chi connectivity index (χ3v) is 5.93. The van der Waals surface area contributed by atoms with E-state index in [0.717, 1.165) is 16.7 Å². The predicted octanol–water partition coefficient (Wildman–Crippen LogP) is 4.87. The molecule has 2 N–H and O–H groups in total. The zero-order chi connectivity index (χ0) is 23.5. The van der Waals surface area contributed by atoms with E-state index < -0.39 is 4.92 Å². The second-order valence-corrected chi connectivity index (χ2v) is 8.06. The van der Waals surface area contributed by atoms with Gasteiger partial charge in [0.2, 0.25) is 0 Å². The second-order valence-electron chi connectivity index (χ2n) is 7.75. The molecule has 168 valence electrons. The Morgan fingerprint density at radius 3 is 2.79 bits per heavy atom. The number of hydrogen-bond donors (Lipinski definition) is 2. The van der Waals surface area contributed by atoms with E-state index in [2.05, 4.69) is 10.3 Å². The highest BCUT2D eigenvalue weighted by atomic mass is 35.5. The van der Waals surface area contributed by atoms with Crippen LogP contribution in [0, 0.1) is 17.0 Å². The van der Waals surface area contributed by atoms with E-state index in [1.54, 1.807) is 36.5 Å². The molecule has 0 fully saturated rings. The van der Waals surface area contributed by atoms with Crippen LogP contribution in [0.4, 0.5) is 17.1 Å². The Labute approximate surface area is 195 Å². The van der Waals surface area contributed by atoms with E-state index in [1.165, 1.54) is 23.1 Å². The molecule has 0 saturated carbocycles. The van der Waals surface area contributed by atoms with Crippen molar-refractivity contribution in [1.82, 2.24) is 4.98 Å². The summed E-state index contributed by atoms with van der Waals surface area (Å²) in [5, 5.41) is 14.0. The molecule has 3 aromatic rings. The van der Waals surface area contributed by atoms with Crippen molar-refractivity contribution in [2.75, 3.05) is 22.6 Å². The fourth-order valence-corrected chi connectivity index (χ4v) is 4.11. The number of aromatic nitrogens is 1. The number of carbonyl (C=O) groups is 2. The molecule has 1 aliphatic rings. The van der Waals surface area contributed by atoms with Crippen LogP contribution in [-0.2, 0) is 4.79 Å². The molecular formula is C24H21ClN4O4. The fourth-order valence-electron chi connectivity index (χ4n) is 3.85. The smallest absolute Gasteiger partial charge is 0.272 e. The quantitative estimate of drug-likeness (QED) is 0.235. The molecule has 1 aliphatic heterocycles. The molecule has 8 nitrogen and oxygen atoms in total. The number of halogens is 1. The number of non-ortho nitro benzene ring substituents is 1. The molecule has 1 aromatic heterocycles. The lowest BCUT2D eigenvalue weighted by Gasteiger charge is -2.15. The van der Waals surface area contributed by atoms with Gasteiger partial charge in [0.05, 0.1) is 10.6 Å². The van der Waals surface area contributed by atoms with Gasteiger partial charge in [-0.15, -0.1) is 11.6 Å². The third kappa shape index (κ3) is 4.65. The Morgan fingerprint density at radius 2 is 2.09 bits per heavy atom. The van der Waals surface area contributed by atoms with E-state index in [-0.39, 0.29) is 23.4 Å². The van der Waals surface area contributed by atoms with Gasteiger partial charge in [0, 0.05) is 48.4 Å². The Balaban J connectivity index is 1.51. The molecule has 0 bridgehead atoms. The first-order valence-corrected chi connectivity index (χ1v) is 10.8. The van der Waals surface area contributed by atoms with Crippen molar-refractivity contribution in [3.8, 4) is 0 Å². The van der Waals surface area contributed by atoms with Gasteiger partial charge in [-0.25, -0.2) is 0 Å². The summed E-state index contributed by atoms with van der Waals surface area (Å²) in [5.74, 6) is -0.340. The lowest BCUT2D eigenvalue weighted by Crippen LogP contribution is -2.28. The van der Waals surface area contributed by atoms with Crippen LogP contribution >= 0.6 is 11.6 Å². The largest absolute Gasteiger partial charge is 0.357 e. The van der Waals surface area contributed by atoms with Gasteiger partial charge in [0.1, 0.15) is 5.69 Å². The number of alkyl halides is 1. The van der Waals surface area contributed by atoms with Gasteiger partial charge < -0.3 is 15.2 Å². The molecule has 4 rings (SSSR count). The molecule has 1 atom stereocenters. The average Bonchev–Trinajstić information content (AvgIpc) is 3.40. The SMILES string of the molecule is Cc1cc[nH]c1C(=O)Nc1cccc(/C=C/C(=O)N2CC(CCl)c3ccc([N+](=O)[O-])cc32)c1. The number of aryl methyl sites for hydroxylation is 1. The fraction of sp³-hybridized carbons (Fsp3) is 0.167. The number of amides is 2. The number of nitro benzene ring substituents is 1. The molecule has 2 amide bonds. The van der Waals surface area contributed by atoms with Crippen LogP contribution in [-0.4, -0.2) is 34.1 Å². The molecule has 2 aromatic carbocycles. The van der Waals surface area contributed by atoms with Crippen molar-refractivity contribution >= 4 is 46.6 Å². The summed E-state index contributed by atoms with van der Waals surface area (Å²) in [4.78, 5) is 40.5. The van der Waals surface area contributed by atoms with Gasteiger partial charge in [0.25, 0.3) is 17.5 Å². The van der Waals surface area contributed by atoms with Gasteiger partial charge in [-0.1, -0.05) is 12.1 Å². The Morgan fingerprint density at radius 1 is 1.27 bits per heavy atom. The van der Waals surface area contributed by atoms with Crippen molar-refractivity contribution in [2.45, 2.75) is 12.8 Å². The Kier molecular flexibility index (Phi) is 6.28. The van der Waals surface area contributed by atoms with Crippen LogP contribution in [0.2, 0.25) is 0 Å². The minimum atomic E-state index is -0.485. The summed E-state index contributed by atoms with van der Waals surface area (Å²) < 4.78 is 0. The molecule has 0 aliphatic carbocycles. The molecule has 0 radical (unpaired) electrons. The number of aromatic amines is 1. The maximum atomic E-state index is 12.9. The standard InChI is InChI=1S/C24H21ClN4O4/c1-15-9-10-26-23(15)24(31)27-18-4-2-3-16(11-18)5-8-22(30)28-14-17(13-25)20-7-6-19(29(32)33)12-21(20)28/h2-12,17,26H,13-14H2,1H3,(H,27,31)/b8-5+. The molecule has 0 spiro atoms. The van der Waals surface area contributed by atoms with Crippen LogP contribution in [0.15, 0.2) is 60.8 Å². The van der Waals surface area contributed by atoms with Gasteiger partial charge >= 0.3 is 0 Å². The first-order chi connectivity index (χ1) is 15.9. The number of rotatable bonds is 6. The monoisotopic (exact) mass is 464 g/mol. The van der Waals surface area contributed by atoms with E-state index in [9.17, 15) is 19.7 Å². The Hall–Kier alpha value is -3.91. The number of anilines is 2. The summed E-state index contributed by atoms with van der Waals surface area (Å²) in [6.07, 6.45) is 4.76. The molecule has 9 heteroatoms. The molecular weight excluding hydrogens is 444 g/mol. The highest BCUT2D eigenvalue weighted by molar-refractivity contribution is 6.18. The summed E-state index contributed by atoms with van der Waals surface area (Å²) in [5.41, 5.74) is 3.89. The number of fused-ring (bicyclic) bond motifs is 1. The lowest BCUT2D eigenvalue weighted by molar-refractivity contribution is -0.384. The molecule has 33 heavy (non-hydrogen) atoms. The van der Waals surface area contributed by atoms with Crippen molar-refractivity contribution in [1.29, 1.82) is 0 Å². The van der Waals surface area contributed by atoms with E-state index in [4.69, 9.17) is 11.6 Å². The number of carbonyl (C=O) groups excluding carboxylic acids is 2. The molecule has 1 unspecified atom stereocenters. The maximum Gasteiger partial charge on any atom is 0.272 e. The van der Waals surface area contributed by atoms with Crippen LogP contribution in [0.3, 0.4) is 0 Å². The van der Waals surface area contributed by atoms with Crippen LogP contribution in [0.25, 0.3) is 6.08 Å². The minimum Gasteiger partial charge on any atom is -0.357 e. The second kappa shape index (κ2) is 9.30. The predicted molar refractivity (Wildman–Crippen MR) is 128 cm³/mol. The third-order valence-electron chi connectivity index (χ3n) is 5.56. The zero-order valence-electron chi connectivity index (χ0n) is 17.7. The van der Waals surface area contributed by atoms with E-state index >= 15 is 0 Å². The van der Waals surface area contributed by atoms with Crippen LogP contribution in [0.1, 0.15) is 33.1 Å². The number of nitro groups is 1. The van der Waals surface area contributed by atoms with Crippen molar-refractivity contribution < 1.29 is 14.5 Å². The first-order valence-electron chi connectivity index (χ1n) is 10.3. The number of H-pyrrole nitrogens is 1. The minimum absolute atomic E-state index is 0.0773. The number of nitrogens with one attached hydrogen (secondary N) is 2. The summed E-state index contributed by atoms with van der Waals surface area (Å²) >= 11 is 6.06.